The normalized spacial score (nSPS) is 11.8. The Bertz CT molecular complexity index is 953. The van der Waals surface area contributed by atoms with Gasteiger partial charge in [-0.2, -0.15) is 0 Å². The number of hydrogen-bond donors (Lipinski definition) is 1. The van der Waals surface area contributed by atoms with Gasteiger partial charge in [0.25, 0.3) is 5.69 Å². The van der Waals surface area contributed by atoms with Crippen LogP contribution < -0.4 is 5.32 Å². The second-order valence-electron chi connectivity index (χ2n) is 8.09. The number of nitrogens with one attached hydrogen (secondary N) is 1. The minimum absolute atomic E-state index is 0.0314. The Labute approximate surface area is 204 Å². The molecule has 0 aliphatic heterocycles. The summed E-state index contributed by atoms with van der Waals surface area (Å²) in [4.78, 5) is 38.1. The van der Waals surface area contributed by atoms with Gasteiger partial charge in [-0.15, -0.1) is 11.8 Å². The molecule has 0 radical (unpaired) electrons. The van der Waals surface area contributed by atoms with Crippen LogP contribution in [0, 0.1) is 16.0 Å². The maximum atomic E-state index is 13.2. The van der Waals surface area contributed by atoms with E-state index in [0.29, 0.717) is 29.7 Å². The maximum Gasteiger partial charge on any atom is 0.269 e. The number of non-ortho nitro benzene ring substituents is 1. The van der Waals surface area contributed by atoms with Crippen LogP contribution >= 0.6 is 23.4 Å². The number of thioether (sulfide) groups is 1. The van der Waals surface area contributed by atoms with Crippen molar-refractivity contribution in [1.82, 2.24) is 10.2 Å². The van der Waals surface area contributed by atoms with E-state index in [1.807, 2.05) is 39.0 Å². The molecule has 178 valence electrons. The van der Waals surface area contributed by atoms with Crippen LogP contribution in [0.4, 0.5) is 5.69 Å². The molecule has 9 heteroatoms. The molecule has 0 spiro atoms. The predicted octanol–water partition coefficient (Wildman–Crippen LogP) is 5.06. The van der Waals surface area contributed by atoms with Gasteiger partial charge in [0.1, 0.15) is 6.04 Å². The van der Waals surface area contributed by atoms with Gasteiger partial charge >= 0.3 is 0 Å². The smallest absolute Gasteiger partial charge is 0.269 e. The highest BCUT2D eigenvalue weighted by molar-refractivity contribution is 7.99. The summed E-state index contributed by atoms with van der Waals surface area (Å²) in [5.74, 6) is 0.673. The SMILES string of the molecule is CCC(C(=O)NCC(C)C)N(Cc1ccccc1Cl)C(=O)CSCc1ccc([N+](=O)[O-])cc1. The number of rotatable bonds is 12. The van der Waals surface area contributed by atoms with Gasteiger partial charge in [0.2, 0.25) is 11.8 Å². The molecule has 2 amide bonds. The van der Waals surface area contributed by atoms with Crippen molar-refractivity contribution in [3.05, 3.63) is 74.8 Å². The lowest BCUT2D eigenvalue weighted by atomic mass is 10.1. The number of halogens is 1. The van der Waals surface area contributed by atoms with Gasteiger partial charge in [0, 0.05) is 36.0 Å². The molecule has 0 saturated carbocycles. The summed E-state index contributed by atoms with van der Waals surface area (Å²) in [5, 5.41) is 14.3. The quantitative estimate of drug-likeness (QED) is 0.331. The number of carbonyl (C=O) groups is 2. The molecule has 0 aliphatic carbocycles. The van der Waals surface area contributed by atoms with Crippen LogP contribution in [0.3, 0.4) is 0 Å². The van der Waals surface area contributed by atoms with E-state index in [4.69, 9.17) is 11.6 Å². The van der Waals surface area contributed by atoms with Crippen LogP contribution in [0.25, 0.3) is 0 Å². The van der Waals surface area contributed by atoms with E-state index in [-0.39, 0.29) is 29.8 Å². The molecular formula is C24H30ClN3O4S. The first-order valence-corrected chi connectivity index (χ1v) is 12.4. The highest BCUT2D eigenvalue weighted by Gasteiger charge is 2.29. The van der Waals surface area contributed by atoms with E-state index in [9.17, 15) is 19.7 Å². The largest absolute Gasteiger partial charge is 0.354 e. The molecule has 7 nitrogen and oxygen atoms in total. The summed E-state index contributed by atoms with van der Waals surface area (Å²) >= 11 is 7.73. The molecule has 2 aromatic rings. The monoisotopic (exact) mass is 491 g/mol. The van der Waals surface area contributed by atoms with Crippen LogP contribution in [-0.4, -0.2) is 40.0 Å². The summed E-state index contributed by atoms with van der Waals surface area (Å²) < 4.78 is 0. The van der Waals surface area contributed by atoms with Crippen molar-refractivity contribution in [3.8, 4) is 0 Å². The molecule has 0 saturated heterocycles. The second kappa shape index (κ2) is 13.2. The lowest BCUT2D eigenvalue weighted by Gasteiger charge is -2.31. The molecule has 0 heterocycles. The van der Waals surface area contributed by atoms with Gasteiger partial charge in [-0.25, -0.2) is 0 Å². The van der Waals surface area contributed by atoms with E-state index >= 15 is 0 Å². The molecular weight excluding hydrogens is 462 g/mol. The zero-order valence-corrected chi connectivity index (χ0v) is 20.7. The van der Waals surface area contributed by atoms with Gasteiger partial charge in [0.15, 0.2) is 0 Å². The third-order valence-corrected chi connectivity index (χ3v) is 6.37. The number of hydrogen-bond acceptors (Lipinski definition) is 5. The molecule has 0 aromatic heterocycles. The van der Waals surface area contributed by atoms with Crippen molar-refractivity contribution in [1.29, 1.82) is 0 Å². The van der Waals surface area contributed by atoms with E-state index in [1.54, 1.807) is 23.1 Å². The minimum atomic E-state index is -0.604. The van der Waals surface area contributed by atoms with Crippen LogP contribution in [0.15, 0.2) is 48.5 Å². The van der Waals surface area contributed by atoms with Crippen LogP contribution in [-0.2, 0) is 21.9 Å². The zero-order valence-electron chi connectivity index (χ0n) is 19.1. The number of nitro groups is 1. The van der Waals surface area contributed by atoms with Crippen molar-refractivity contribution in [2.24, 2.45) is 5.92 Å². The first kappa shape index (κ1) is 26.7. The first-order chi connectivity index (χ1) is 15.7. The second-order valence-corrected chi connectivity index (χ2v) is 9.49. The van der Waals surface area contributed by atoms with E-state index in [1.165, 1.54) is 23.9 Å². The minimum Gasteiger partial charge on any atom is -0.354 e. The highest BCUT2D eigenvalue weighted by atomic mass is 35.5. The molecule has 1 unspecified atom stereocenters. The number of nitrogens with zero attached hydrogens (tertiary/aromatic N) is 2. The lowest BCUT2D eigenvalue weighted by molar-refractivity contribution is -0.384. The number of amides is 2. The van der Waals surface area contributed by atoms with Crippen molar-refractivity contribution in [2.75, 3.05) is 12.3 Å². The summed E-state index contributed by atoms with van der Waals surface area (Å²) in [6, 6.07) is 13.0. The first-order valence-electron chi connectivity index (χ1n) is 10.8. The Balaban J connectivity index is 2.11. The van der Waals surface area contributed by atoms with E-state index in [2.05, 4.69) is 5.32 Å². The molecule has 1 N–H and O–H groups in total. The average Bonchev–Trinajstić information content (AvgIpc) is 2.79. The molecule has 0 fully saturated rings. The number of benzene rings is 2. The van der Waals surface area contributed by atoms with Crippen molar-refractivity contribution in [2.45, 2.75) is 45.5 Å². The predicted molar refractivity (Wildman–Crippen MR) is 133 cm³/mol. The molecule has 2 rings (SSSR count). The summed E-state index contributed by atoms with van der Waals surface area (Å²) in [5.41, 5.74) is 1.70. The fraction of sp³-hybridized carbons (Fsp3) is 0.417. The summed E-state index contributed by atoms with van der Waals surface area (Å²) in [7, 11) is 0. The van der Waals surface area contributed by atoms with Crippen LogP contribution in [0.5, 0.6) is 0 Å². The molecule has 2 aromatic carbocycles. The number of nitro benzene ring substituents is 1. The molecule has 0 aliphatic rings. The summed E-state index contributed by atoms with van der Waals surface area (Å²) in [6.07, 6.45) is 0.479. The Kier molecular flexibility index (Phi) is 10.7. The topological polar surface area (TPSA) is 92.6 Å². The van der Waals surface area contributed by atoms with Crippen molar-refractivity contribution < 1.29 is 14.5 Å². The fourth-order valence-corrected chi connectivity index (χ4v) is 4.27. The Morgan fingerprint density at radius 3 is 2.39 bits per heavy atom. The van der Waals surface area contributed by atoms with Crippen LogP contribution in [0.2, 0.25) is 5.02 Å². The van der Waals surface area contributed by atoms with Gasteiger partial charge in [-0.3, -0.25) is 19.7 Å². The molecule has 33 heavy (non-hydrogen) atoms. The van der Waals surface area contributed by atoms with Gasteiger partial charge in [-0.1, -0.05) is 62.7 Å². The van der Waals surface area contributed by atoms with E-state index < -0.39 is 11.0 Å². The standard InChI is InChI=1S/C24H30ClN3O4S/c1-4-22(24(30)26-13-17(2)3)27(14-19-7-5-6-8-21(19)25)23(29)16-33-15-18-9-11-20(12-10-18)28(31)32/h5-12,17,22H,4,13-16H2,1-3H3,(H,26,30). The molecule has 1 atom stereocenters. The third-order valence-electron chi connectivity index (χ3n) is 5.01. The number of carbonyl (C=O) groups excluding carboxylic acids is 2. The maximum absolute atomic E-state index is 13.2. The van der Waals surface area contributed by atoms with Gasteiger partial charge < -0.3 is 10.2 Å². The van der Waals surface area contributed by atoms with Crippen molar-refractivity contribution in [3.63, 3.8) is 0 Å². The zero-order chi connectivity index (χ0) is 24.4. The third kappa shape index (κ3) is 8.37. The van der Waals surface area contributed by atoms with Gasteiger partial charge in [0.05, 0.1) is 10.7 Å². The van der Waals surface area contributed by atoms with Crippen LogP contribution in [0.1, 0.15) is 38.3 Å². The Morgan fingerprint density at radius 2 is 1.82 bits per heavy atom. The lowest BCUT2D eigenvalue weighted by Crippen LogP contribution is -2.50. The van der Waals surface area contributed by atoms with E-state index in [0.717, 1.165) is 11.1 Å². The Hall–Kier alpha value is -2.58. The fourth-order valence-electron chi connectivity index (χ4n) is 3.21. The Morgan fingerprint density at radius 1 is 1.15 bits per heavy atom. The molecule has 0 bridgehead atoms. The highest BCUT2D eigenvalue weighted by Crippen LogP contribution is 2.22. The average molecular weight is 492 g/mol. The van der Waals surface area contributed by atoms with Crippen molar-refractivity contribution >= 4 is 40.9 Å². The summed E-state index contributed by atoms with van der Waals surface area (Å²) in [6.45, 7) is 6.70. The van der Waals surface area contributed by atoms with Gasteiger partial charge in [-0.05, 0) is 29.5 Å².